The number of thiophene rings is 1. The molecule has 4 rings (SSSR count). The standard InChI is InChI=1S/C19H19NO5S/c1-11(25-19(22)17-8-13-3-2-4-16(13)26-17)18(21)20-9-12-5-6-14-15(7-12)24-10-23-14/h5-8,11H,2-4,9-10H2,1H3,(H,20,21)/t11-/m0/s1. The molecule has 0 bridgehead atoms. The Balaban J connectivity index is 1.30. The van der Waals surface area contributed by atoms with Gasteiger partial charge in [0.05, 0.1) is 0 Å². The lowest BCUT2D eigenvalue weighted by Gasteiger charge is -2.13. The molecule has 0 radical (unpaired) electrons. The largest absolute Gasteiger partial charge is 0.454 e. The number of aryl methyl sites for hydroxylation is 2. The molecule has 0 fully saturated rings. The minimum Gasteiger partial charge on any atom is -0.454 e. The van der Waals surface area contributed by atoms with Crippen LogP contribution in [0.15, 0.2) is 24.3 Å². The van der Waals surface area contributed by atoms with Crippen LogP contribution in [-0.4, -0.2) is 24.8 Å². The van der Waals surface area contributed by atoms with Crippen LogP contribution in [0.5, 0.6) is 11.5 Å². The normalized spacial score (nSPS) is 15.4. The fourth-order valence-corrected chi connectivity index (χ4v) is 4.22. The van der Waals surface area contributed by atoms with Crippen molar-refractivity contribution in [2.45, 2.75) is 38.8 Å². The Morgan fingerprint density at radius 2 is 2.08 bits per heavy atom. The molecule has 1 aliphatic carbocycles. The maximum absolute atomic E-state index is 12.2. The van der Waals surface area contributed by atoms with Gasteiger partial charge >= 0.3 is 5.97 Å². The number of hydrogen-bond acceptors (Lipinski definition) is 6. The van der Waals surface area contributed by atoms with Gasteiger partial charge in [-0.2, -0.15) is 0 Å². The predicted molar refractivity (Wildman–Crippen MR) is 95.6 cm³/mol. The number of esters is 1. The van der Waals surface area contributed by atoms with Crippen molar-refractivity contribution in [2.24, 2.45) is 0 Å². The van der Waals surface area contributed by atoms with Crippen molar-refractivity contribution < 1.29 is 23.8 Å². The minimum atomic E-state index is -0.853. The maximum Gasteiger partial charge on any atom is 0.349 e. The number of nitrogens with one attached hydrogen (secondary N) is 1. The Bertz CT molecular complexity index is 838. The van der Waals surface area contributed by atoms with Crippen LogP contribution in [0.1, 0.15) is 39.0 Å². The fraction of sp³-hybridized carbons (Fsp3) is 0.368. The molecule has 0 unspecified atom stereocenters. The molecule has 1 atom stereocenters. The van der Waals surface area contributed by atoms with E-state index in [1.165, 1.54) is 21.8 Å². The first-order chi connectivity index (χ1) is 12.6. The van der Waals surface area contributed by atoms with Gasteiger partial charge in [-0.1, -0.05) is 6.07 Å². The third-order valence-corrected chi connectivity index (χ3v) is 5.72. The van der Waals surface area contributed by atoms with Gasteiger partial charge in [-0.25, -0.2) is 4.79 Å². The van der Waals surface area contributed by atoms with E-state index in [9.17, 15) is 9.59 Å². The van der Waals surface area contributed by atoms with Gasteiger partial charge < -0.3 is 19.5 Å². The van der Waals surface area contributed by atoms with Crippen molar-refractivity contribution >= 4 is 23.2 Å². The Labute approximate surface area is 155 Å². The Hall–Kier alpha value is -2.54. The summed E-state index contributed by atoms with van der Waals surface area (Å²) in [5.41, 5.74) is 2.12. The van der Waals surface area contributed by atoms with Crippen molar-refractivity contribution in [3.8, 4) is 11.5 Å². The number of carbonyl (C=O) groups is 2. The van der Waals surface area contributed by atoms with Crippen LogP contribution >= 0.6 is 11.3 Å². The Morgan fingerprint density at radius 3 is 2.92 bits per heavy atom. The number of hydrogen-bond donors (Lipinski definition) is 1. The molecular formula is C19H19NO5S. The first kappa shape index (κ1) is 16.9. The maximum atomic E-state index is 12.2. The minimum absolute atomic E-state index is 0.213. The van der Waals surface area contributed by atoms with Gasteiger partial charge in [-0.15, -0.1) is 11.3 Å². The van der Waals surface area contributed by atoms with Gasteiger partial charge in [0.15, 0.2) is 17.6 Å². The van der Waals surface area contributed by atoms with Gasteiger partial charge in [0.1, 0.15) is 4.88 Å². The molecule has 0 saturated heterocycles. The summed E-state index contributed by atoms with van der Waals surface area (Å²) < 4.78 is 15.9. The number of rotatable bonds is 5. The lowest BCUT2D eigenvalue weighted by molar-refractivity contribution is -0.129. The van der Waals surface area contributed by atoms with E-state index < -0.39 is 12.1 Å². The van der Waals surface area contributed by atoms with Crippen molar-refractivity contribution in [1.82, 2.24) is 5.32 Å². The average molecular weight is 373 g/mol. The van der Waals surface area contributed by atoms with Crippen LogP contribution in [0.4, 0.5) is 0 Å². The number of benzene rings is 1. The smallest absolute Gasteiger partial charge is 0.349 e. The van der Waals surface area contributed by atoms with Crippen molar-refractivity contribution in [3.63, 3.8) is 0 Å². The third kappa shape index (κ3) is 3.39. The SMILES string of the molecule is C[C@H](OC(=O)c1cc2c(s1)CCC2)C(=O)NCc1ccc2c(c1)OCO2. The number of fused-ring (bicyclic) bond motifs is 2. The highest BCUT2D eigenvalue weighted by molar-refractivity contribution is 7.14. The van der Waals surface area contributed by atoms with E-state index in [-0.39, 0.29) is 12.7 Å². The number of amides is 1. The van der Waals surface area contributed by atoms with Gasteiger partial charge in [-0.05, 0) is 55.5 Å². The van der Waals surface area contributed by atoms with Crippen LogP contribution in [0.25, 0.3) is 0 Å². The van der Waals surface area contributed by atoms with E-state index in [0.29, 0.717) is 22.9 Å². The Kier molecular flexibility index (Phi) is 4.55. The van der Waals surface area contributed by atoms with Crippen LogP contribution in [-0.2, 0) is 28.9 Å². The first-order valence-corrected chi connectivity index (χ1v) is 9.40. The highest BCUT2D eigenvalue weighted by Gasteiger charge is 2.23. The van der Waals surface area contributed by atoms with E-state index >= 15 is 0 Å². The number of ether oxygens (including phenoxy) is 3. The van der Waals surface area contributed by atoms with Crippen molar-refractivity contribution in [1.29, 1.82) is 0 Å². The second kappa shape index (κ2) is 6.99. The van der Waals surface area contributed by atoms with E-state index in [1.54, 1.807) is 6.92 Å². The Morgan fingerprint density at radius 1 is 1.23 bits per heavy atom. The molecule has 7 heteroatoms. The lowest BCUT2D eigenvalue weighted by Crippen LogP contribution is -2.35. The molecular weight excluding hydrogens is 354 g/mol. The summed E-state index contributed by atoms with van der Waals surface area (Å²) in [6.07, 6.45) is 2.34. The first-order valence-electron chi connectivity index (χ1n) is 8.59. The zero-order valence-corrected chi connectivity index (χ0v) is 15.2. The van der Waals surface area contributed by atoms with Crippen LogP contribution in [0, 0.1) is 0 Å². The zero-order valence-electron chi connectivity index (χ0n) is 14.4. The van der Waals surface area contributed by atoms with E-state index in [4.69, 9.17) is 14.2 Å². The molecule has 1 amide bonds. The van der Waals surface area contributed by atoms with Crippen LogP contribution in [0.3, 0.4) is 0 Å². The van der Waals surface area contributed by atoms with Crippen LogP contribution < -0.4 is 14.8 Å². The molecule has 1 N–H and O–H groups in total. The zero-order chi connectivity index (χ0) is 18.1. The van der Waals surface area contributed by atoms with E-state index in [0.717, 1.165) is 24.8 Å². The van der Waals surface area contributed by atoms with Gasteiger partial charge in [0.2, 0.25) is 6.79 Å². The molecule has 26 heavy (non-hydrogen) atoms. The predicted octanol–water partition coefficient (Wildman–Crippen LogP) is 2.83. The van der Waals surface area contributed by atoms with Gasteiger partial charge in [0, 0.05) is 11.4 Å². The molecule has 0 spiro atoms. The highest BCUT2D eigenvalue weighted by atomic mass is 32.1. The summed E-state index contributed by atoms with van der Waals surface area (Å²) in [7, 11) is 0. The third-order valence-electron chi connectivity index (χ3n) is 4.50. The molecule has 1 aliphatic heterocycles. The molecule has 1 aromatic carbocycles. The van der Waals surface area contributed by atoms with E-state index in [1.807, 2.05) is 24.3 Å². The summed E-state index contributed by atoms with van der Waals surface area (Å²) in [6, 6.07) is 7.39. The van der Waals surface area contributed by atoms with Gasteiger partial charge in [-0.3, -0.25) is 4.79 Å². The second-order valence-electron chi connectivity index (χ2n) is 6.37. The van der Waals surface area contributed by atoms with Crippen molar-refractivity contribution in [2.75, 3.05) is 6.79 Å². The summed E-state index contributed by atoms with van der Waals surface area (Å²) >= 11 is 1.47. The fourth-order valence-electron chi connectivity index (χ4n) is 3.09. The summed E-state index contributed by atoms with van der Waals surface area (Å²) in [6.45, 7) is 2.11. The molecule has 2 heterocycles. The molecule has 136 valence electrons. The monoisotopic (exact) mass is 373 g/mol. The van der Waals surface area contributed by atoms with E-state index in [2.05, 4.69) is 5.32 Å². The highest BCUT2D eigenvalue weighted by Crippen LogP contribution is 2.32. The molecule has 2 aromatic rings. The summed E-state index contributed by atoms with van der Waals surface area (Å²) in [5, 5.41) is 2.78. The molecule has 0 saturated carbocycles. The van der Waals surface area contributed by atoms with Gasteiger partial charge in [0.25, 0.3) is 5.91 Å². The molecule has 2 aliphatic rings. The number of carbonyl (C=O) groups excluding carboxylic acids is 2. The summed E-state index contributed by atoms with van der Waals surface area (Å²) in [4.78, 5) is 26.3. The molecule has 1 aromatic heterocycles. The summed E-state index contributed by atoms with van der Waals surface area (Å²) in [5.74, 6) is 0.599. The van der Waals surface area contributed by atoms with Crippen molar-refractivity contribution in [3.05, 3.63) is 45.1 Å². The van der Waals surface area contributed by atoms with Crippen LogP contribution in [0.2, 0.25) is 0 Å². The average Bonchev–Trinajstić information content (AvgIpc) is 3.34. The quantitative estimate of drug-likeness (QED) is 0.816. The lowest BCUT2D eigenvalue weighted by atomic mass is 10.2. The molecule has 6 nitrogen and oxygen atoms in total. The topological polar surface area (TPSA) is 73.9 Å². The second-order valence-corrected chi connectivity index (χ2v) is 7.50.